The van der Waals surface area contributed by atoms with E-state index in [-0.39, 0.29) is 6.01 Å². The van der Waals surface area contributed by atoms with Crippen molar-refractivity contribution in [2.24, 2.45) is 0 Å². The Morgan fingerprint density at radius 1 is 1.26 bits per heavy atom. The Morgan fingerprint density at radius 3 is 2.74 bits per heavy atom. The maximum atomic E-state index is 5.51. The Balaban J connectivity index is 2.27. The van der Waals surface area contributed by atoms with Crippen LogP contribution in [0.4, 0.5) is 6.01 Å². The van der Waals surface area contributed by atoms with E-state index >= 15 is 0 Å². The quantitative estimate of drug-likeness (QED) is 0.754. The predicted octanol–water partition coefficient (Wildman–Crippen LogP) is 2.42. The van der Waals surface area contributed by atoms with Crippen LogP contribution < -0.4 is 15.2 Å². The van der Waals surface area contributed by atoms with E-state index in [1.807, 2.05) is 18.3 Å². The molecule has 0 atom stereocenters. The molecule has 0 saturated carbocycles. The number of nitrogen functional groups attached to an aromatic ring is 1. The summed E-state index contributed by atoms with van der Waals surface area (Å²) >= 11 is 0. The fourth-order valence-corrected chi connectivity index (χ4v) is 2.10. The van der Waals surface area contributed by atoms with Crippen molar-refractivity contribution in [1.82, 2.24) is 9.97 Å². The minimum Gasteiger partial charge on any atom is -0.497 e. The van der Waals surface area contributed by atoms with Crippen molar-refractivity contribution in [2.75, 3.05) is 20.0 Å². The average molecular weight is 259 g/mol. The van der Waals surface area contributed by atoms with Gasteiger partial charge < -0.3 is 24.6 Å². The monoisotopic (exact) mass is 259 g/mol. The van der Waals surface area contributed by atoms with E-state index < -0.39 is 0 Å². The van der Waals surface area contributed by atoms with Gasteiger partial charge in [0.05, 0.1) is 25.1 Å². The number of anilines is 1. The molecule has 0 spiro atoms. The maximum Gasteiger partial charge on any atom is 0.292 e. The fourth-order valence-electron chi connectivity index (χ4n) is 2.10. The van der Waals surface area contributed by atoms with E-state index in [9.17, 15) is 0 Å². The van der Waals surface area contributed by atoms with Crippen LogP contribution in [0.1, 0.15) is 0 Å². The van der Waals surface area contributed by atoms with Gasteiger partial charge in [0.2, 0.25) is 0 Å². The van der Waals surface area contributed by atoms with Crippen molar-refractivity contribution in [1.29, 1.82) is 0 Å². The smallest absolute Gasteiger partial charge is 0.292 e. The lowest BCUT2D eigenvalue weighted by atomic mass is 10.1. The summed E-state index contributed by atoms with van der Waals surface area (Å²) in [6.45, 7) is 0. The van der Waals surface area contributed by atoms with Gasteiger partial charge in [0, 0.05) is 23.9 Å². The number of aromatic amines is 1. The van der Waals surface area contributed by atoms with E-state index in [0.29, 0.717) is 11.4 Å². The molecule has 0 bridgehead atoms. The molecular formula is C13H13N3O3. The predicted molar refractivity (Wildman–Crippen MR) is 71.3 cm³/mol. The Labute approximate surface area is 109 Å². The van der Waals surface area contributed by atoms with Crippen molar-refractivity contribution in [3.63, 3.8) is 0 Å². The number of nitrogens with two attached hydrogens (primary N) is 1. The summed E-state index contributed by atoms with van der Waals surface area (Å²) in [5.74, 6) is 1.42. The van der Waals surface area contributed by atoms with Crippen LogP contribution in [0.25, 0.3) is 22.2 Å². The van der Waals surface area contributed by atoms with Gasteiger partial charge in [0.25, 0.3) is 6.01 Å². The first kappa shape index (κ1) is 11.5. The van der Waals surface area contributed by atoms with E-state index in [2.05, 4.69) is 9.97 Å². The molecule has 3 aromatic rings. The molecule has 0 aliphatic heterocycles. The molecule has 0 aliphatic carbocycles. The summed E-state index contributed by atoms with van der Waals surface area (Å²) in [6.07, 6.45) is 3.35. The van der Waals surface area contributed by atoms with Gasteiger partial charge in [-0.25, -0.2) is 0 Å². The number of H-pyrrole nitrogens is 1. The number of rotatable bonds is 3. The Hall–Kier alpha value is -2.63. The van der Waals surface area contributed by atoms with Crippen molar-refractivity contribution in [2.45, 2.75) is 0 Å². The summed E-state index contributed by atoms with van der Waals surface area (Å²) in [6, 6.07) is 3.85. The third-order valence-electron chi connectivity index (χ3n) is 2.97. The lowest BCUT2D eigenvalue weighted by Crippen LogP contribution is -1.89. The average Bonchev–Trinajstić information content (AvgIpc) is 3.03. The van der Waals surface area contributed by atoms with E-state index in [0.717, 1.165) is 22.2 Å². The summed E-state index contributed by atoms with van der Waals surface area (Å²) < 4.78 is 15.7. The van der Waals surface area contributed by atoms with Gasteiger partial charge in [0.15, 0.2) is 0 Å². The highest BCUT2D eigenvalue weighted by atomic mass is 16.5. The highest BCUT2D eigenvalue weighted by molar-refractivity contribution is 6.00. The molecule has 3 N–H and O–H groups in total. The van der Waals surface area contributed by atoms with Crippen LogP contribution in [0.15, 0.2) is 29.0 Å². The van der Waals surface area contributed by atoms with Gasteiger partial charge in [-0.15, -0.1) is 0 Å². The van der Waals surface area contributed by atoms with E-state index in [1.54, 1.807) is 14.2 Å². The third-order valence-corrected chi connectivity index (χ3v) is 2.97. The zero-order chi connectivity index (χ0) is 13.4. The number of nitrogens with zero attached hydrogens (tertiary/aromatic N) is 1. The van der Waals surface area contributed by atoms with Crippen LogP contribution in [0, 0.1) is 0 Å². The molecule has 0 aliphatic rings. The molecule has 6 heteroatoms. The third kappa shape index (κ3) is 1.77. The van der Waals surface area contributed by atoms with Gasteiger partial charge in [-0.3, -0.25) is 0 Å². The highest BCUT2D eigenvalue weighted by Crippen LogP contribution is 2.37. The highest BCUT2D eigenvalue weighted by Gasteiger charge is 2.15. The molecule has 6 nitrogen and oxygen atoms in total. The minimum absolute atomic E-state index is 0.136. The van der Waals surface area contributed by atoms with Gasteiger partial charge in [-0.2, -0.15) is 4.98 Å². The molecule has 0 unspecified atom stereocenters. The molecule has 3 rings (SSSR count). The van der Waals surface area contributed by atoms with Gasteiger partial charge in [-0.05, 0) is 0 Å². The lowest BCUT2D eigenvalue weighted by molar-refractivity contribution is 0.398. The van der Waals surface area contributed by atoms with E-state index in [1.165, 1.54) is 6.26 Å². The first-order chi connectivity index (χ1) is 9.22. The second kappa shape index (κ2) is 4.24. The normalized spacial score (nSPS) is 10.8. The SMILES string of the molecule is COc1cc(OC)c2c(-c3coc(N)n3)c[nH]c2c1. The van der Waals surface area contributed by atoms with Gasteiger partial charge >= 0.3 is 0 Å². The number of aromatic nitrogens is 2. The van der Waals surface area contributed by atoms with Crippen LogP contribution in [-0.4, -0.2) is 24.2 Å². The number of methoxy groups -OCH3 is 2. The Bertz CT molecular complexity index is 730. The molecule has 0 radical (unpaired) electrons. The summed E-state index contributed by atoms with van der Waals surface area (Å²) in [4.78, 5) is 7.29. The number of ether oxygens (including phenoxy) is 2. The second-order valence-corrected chi connectivity index (χ2v) is 4.03. The number of oxazole rings is 1. The number of hydrogen-bond donors (Lipinski definition) is 2. The first-order valence-corrected chi connectivity index (χ1v) is 5.67. The standard InChI is InChI=1S/C13H13N3O3/c1-17-7-3-9-12(11(4-7)18-2)8(5-15-9)10-6-19-13(14)16-10/h3-6,15H,1-2H3,(H2,14,16). The molecule has 19 heavy (non-hydrogen) atoms. The van der Waals surface area contributed by atoms with Crippen LogP contribution in [0.2, 0.25) is 0 Å². The number of hydrogen-bond acceptors (Lipinski definition) is 5. The van der Waals surface area contributed by atoms with Crippen LogP contribution >= 0.6 is 0 Å². The van der Waals surface area contributed by atoms with Crippen LogP contribution in [-0.2, 0) is 0 Å². The zero-order valence-electron chi connectivity index (χ0n) is 10.6. The molecule has 2 heterocycles. The van der Waals surface area contributed by atoms with Gasteiger partial charge in [0.1, 0.15) is 23.5 Å². The van der Waals surface area contributed by atoms with Gasteiger partial charge in [-0.1, -0.05) is 0 Å². The van der Waals surface area contributed by atoms with Crippen LogP contribution in [0.3, 0.4) is 0 Å². The number of benzene rings is 1. The number of nitrogens with one attached hydrogen (secondary N) is 1. The molecule has 0 fully saturated rings. The lowest BCUT2D eigenvalue weighted by Gasteiger charge is -2.06. The second-order valence-electron chi connectivity index (χ2n) is 4.03. The maximum absolute atomic E-state index is 5.51. The Morgan fingerprint density at radius 2 is 2.11 bits per heavy atom. The zero-order valence-corrected chi connectivity index (χ0v) is 10.6. The Kier molecular flexibility index (Phi) is 2.56. The van der Waals surface area contributed by atoms with Crippen LogP contribution in [0.5, 0.6) is 11.5 Å². The molecule has 0 saturated heterocycles. The molecular weight excluding hydrogens is 246 g/mol. The van der Waals surface area contributed by atoms with Crippen molar-refractivity contribution in [3.8, 4) is 22.8 Å². The van der Waals surface area contributed by atoms with Crippen molar-refractivity contribution >= 4 is 16.9 Å². The summed E-state index contributed by atoms with van der Waals surface area (Å²) in [5, 5.41) is 0.914. The summed E-state index contributed by atoms with van der Waals surface area (Å²) in [7, 11) is 3.23. The molecule has 0 amide bonds. The molecule has 2 aromatic heterocycles. The number of fused-ring (bicyclic) bond motifs is 1. The summed E-state index contributed by atoms with van der Waals surface area (Å²) in [5.41, 5.74) is 7.93. The fraction of sp³-hybridized carbons (Fsp3) is 0.154. The van der Waals surface area contributed by atoms with Crippen molar-refractivity contribution in [3.05, 3.63) is 24.6 Å². The topological polar surface area (TPSA) is 86.3 Å². The first-order valence-electron chi connectivity index (χ1n) is 5.67. The minimum atomic E-state index is 0.136. The largest absolute Gasteiger partial charge is 0.497 e. The van der Waals surface area contributed by atoms with Crippen molar-refractivity contribution < 1.29 is 13.9 Å². The molecule has 98 valence electrons. The van der Waals surface area contributed by atoms with E-state index in [4.69, 9.17) is 19.6 Å². The molecule has 1 aromatic carbocycles.